The van der Waals surface area contributed by atoms with E-state index in [0.717, 1.165) is 0 Å². The first kappa shape index (κ1) is 15.7. The molecule has 112 valence electrons. The first-order valence-electron chi connectivity index (χ1n) is 6.21. The molecule has 0 bridgehead atoms. The third kappa shape index (κ3) is 3.12. The van der Waals surface area contributed by atoms with Gasteiger partial charge in [-0.3, -0.25) is 0 Å². The SMILES string of the molecule is OC[C@@H](O)[C@H]1OC(c2ccccc2Cl)O[C@@H]1[C@@H](O)CO. The average molecular weight is 305 g/mol. The Kier molecular flexibility index (Phi) is 5.34. The van der Waals surface area contributed by atoms with Crippen molar-refractivity contribution in [2.75, 3.05) is 13.2 Å². The third-order valence-corrected chi connectivity index (χ3v) is 3.52. The van der Waals surface area contributed by atoms with Crippen molar-refractivity contribution < 1.29 is 29.9 Å². The molecule has 0 saturated carbocycles. The largest absolute Gasteiger partial charge is 0.394 e. The second kappa shape index (κ2) is 6.82. The van der Waals surface area contributed by atoms with Crippen molar-refractivity contribution in [1.82, 2.24) is 0 Å². The Labute approximate surface area is 121 Å². The molecule has 20 heavy (non-hydrogen) atoms. The highest BCUT2D eigenvalue weighted by Gasteiger charge is 2.44. The van der Waals surface area contributed by atoms with E-state index >= 15 is 0 Å². The lowest BCUT2D eigenvalue weighted by Crippen LogP contribution is -2.45. The van der Waals surface area contributed by atoms with Gasteiger partial charge >= 0.3 is 0 Å². The molecule has 1 aromatic carbocycles. The minimum atomic E-state index is -1.23. The number of hydrogen-bond donors (Lipinski definition) is 4. The van der Waals surface area contributed by atoms with Gasteiger partial charge in [-0.1, -0.05) is 29.8 Å². The number of rotatable bonds is 5. The van der Waals surface area contributed by atoms with Crippen molar-refractivity contribution in [2.24, 2.45) is 0 Å². The molecule has 7 heteroatoms. The highest BCUT2D eigenvalue weighted by Crippen LogP contribution is 2.37. The van der Waals surface area contributed by atoms with Crippen LogP contribution >= 0.6 is 11.6 Å². The molecule has 1 heterocycles. The summed E-state index contributed by atoms with van der Waals surface area (Å²) in [5, 5.41) is 37.9. The van der Waals surface area contributed by atoms with E-state index < -0.39 is 43.9 Å². The van der Waals surface area contributed by atoms with E-state index in [1.165, 1.54) is 0 Å². The van der Waals surface area contributed by atoms with Crippen molar-refractivity contribution in [2.45, 2.75) is 30.7 Å². The smallest absolute Gasteiger partial charge is 0.186 e. The normalized spacial score (nSPS) is 29.4. The molecule has 1 aliphatic heterocycles. The van der Waals surface area contributed by atoms with Crippen LogP contribution in [0, 0.1) is 0 Å². The summed E-state index contributed by atoms with van der Waals surface area (Å²) in [7, 11) is 0. The highest BCUT2D eigenvalue weighted by molar-refractivity contribution is 6.31. The molecule has 1 aliphatic rings. The molecule has 1 aromatic rings. The number of ether oxygens (including phenoxy) is 2. The highest BCUT2D eigenvalue weighted by atomic mass is 35.5. The van der Waals surface area contributed by atoms with Gasteiger partial charge in [-0.25, -0.2) is 0 Å². The van der Waals surface area contributed by atoms with Gasteiger partial charge in [0.05, 0.1) is 13.2 Å². The van der Waals surface area contributed by atoms with Crippen LogP contribution in [0.3, 0.4) is 0 Å². The molecular formula is C13H17ClO6. The number of aliphatic hydroxyl groups is 4. The summed E-state index contributed by atoms with van der Waals surface area (Å²) in [6.45, 7) is -1.09. The zero-order chi connectivity index (χ0) is 14.7. The van der Waals surface area contributed by atoms with Crippen LogP contribution in [-0.2, 0) is 9.47 Å². The number of aliphatic hydroxyl groups excluding tert-OH is 4. The van der Waals surface area contributed by atoms with Gasteiger partial charge < -0.3 is 29.9 Å². The number of halogens is 1. The molecule has 4 N–H and O–H groups in total. The summed E-state index contributed by atoms with van der Waals surface area (Å²) in [5.74, 6) is 0. The molecule has 1 fully saturated rings. The first-order chi connectivity index (χ1) is 9.58. The molecule has 5 atom stereocenters. The molecule has 6 nitrogen and oxygen atoms in total. The zero-order valence-electron chi connectivity index (χ0n) is 10.6. The van der Waals surface area contributed by atoms with Gasteiger partial charge in [-0.05, 0) is 6.07 Å². The van der Waals surface area contributed by atoms with Gasteiger partial charge in [0.15, 0.2) is 6.29 Å². The Morgan fingerprint density at radius 2 is 1.50 bits per heavy atom. The minimum absolute atomic E-state index is 0.425. The second-order valence-electron chi connectivity index (χ2n) is 4.55. The molecule has 0 radical (unpaired) electrons. The molecule has 0 aromatic heterocycles. The lowest BCUT2D eigenvalue weighted by Gasteiger charge is -2.23. The monoisotopic (exact) mass is 304 g/mol. The Balaban J connectivity index is 2.21. The van der Waals surface area contributed by atoms with Gasteiger partial charge in [-0.2, -0.15) is 0 Å². The Bertz CT molecular complexity index is 425. The van der Waals surface area contributed by atoms with Crippen LogP contribution in [-0.4, -0.2) is 58.1 Å². The van der Waals surface area contributed by atoms with Gasteiger partial charge in [0.25, 0.3) is 0 Å². The molecule has 2 rings (SSSR count). The van der Waals surface area contributed by atoms with Crippen LogP contribution in [0.25, 0.3) is 0 Å². The fourth-order valence-corrected chi connectivity index (χ4v) is 2.34. The van der Waals surface area contributed by atoms with Crippen molar-refractivity contribution in [1.29, 1.82) is 0 Å². The summed E-state index contributed by atoms with van der Waals surface area (Å²) in [6.07, 6.45) is -5.24. The Morgan fingerprint density at radius 1 is 1.00 bits per heavy atom. The standard InChI is InChI=1S/C13H17ClO6/c14-8-4-2-1-3-7(8)13-19-11(9(17)5-15)12(20-13)10(18)6-16/h1-4,9-13,15-18H,5-6H2/t9-,10+,11-,12-,13?/m1/s1. The van der Waals surface area contributed by atoms with Crippen molar-refractivity contribution >= 4 is 11.6 Å². The average Bonchev–Trinajstić information content (AvgIpc) is 2.91. The van der Waals surface area contributed by atoms with Gasteiger partial charge in [0.2, 0.25) is 0 Å². The van der Waals surface area contributed by atoms with Gasteiger partial charge in [-0.15, -0.1) is 0 Å². The van der Waals surface area contributed by atoms with E-state index in [2.05, 4.69) is 0 Å². The van der Waals surface area contributed by atoms with Crippen molar-refractivity contribution in [3.8, 4) is 0 Å². The molecule has 0 spiro atoms. The predicted molar refractivity (Wildman–Crippen MR) is 70.1 cm³/mol. The maximum absolute atomic E-state index is 9.73. The van der Waals surface area contributed by atoms with Crippen LogP contribution in [0.1, 0.15) is 11.9 Å². The molecule has 1 unspecified atom stereocenters. The fourth-order valence-electron chi connectivity index (χ4n) is 2.11. The Morgan fingerprint density at radius 3 is 1.95 bits per heavy atom. The van der Waals surface area contributed by atoms with Crippen LogP contribution in [0.4, 0.5) is 0 Å². The van der Waals surface area contributed by atoms with Crippen molar-refractivity contribution in [3.05, 3.63) is 34.9 Å². The van der Waals surface area contributed by atoms with E-state index in [9.17, 15) is 10.2 Å². The molecule has 1 saturated heterocycles. The molecule has 0 amide bonds. The van der Waals surface area contributed by atoms with Crippen LogP contribution in [0.5, 0.6) is 0 Å². The lowest BCUT2D eigenvalue weighted by atomic mass is 10.0. The summed E-state index contributed by atoms with van der Waals surface area (Å²) in [4.78, 5) is 0. The van der Waals surface area contributed by atoms with E-state index in [1.807, 2.05) is 0 Å². The first-order valence-corrected chi connectivity index (χ1v) is 6.59. The topological polar surface area (TPSA) is 99.4 Å². The van der Waals surface area contributed by atoms with E-state index in [0.29, 0.717) is 10.6 Å². The lowest BCUT2D eigenvalue weighted by molar-refractivity contribution is -0.0957. The quantitative estimate of drug-likeness (QED) is 0.603. The fraction of sp³-hybridized carbons (Fsp3) is 0.538. The van der Waals surface area contributed by atoms with Crippen molar-refractivity contribution in [3.63, 3.8) is 0 Å². The van der Waals surface area contributed by atoms with E-state index in [-0.39, 0.29) is 0 Å². The number of benzene rings is 1. The number of hydrogen-bond acceptors (Lipinski definition) is 6. The second-order valence-corrected chi connectivity index (χ2v) is 4.96. The van der Waals surface area contributed by atoms with Gasteiger partial charge in [0, 0.05) is 10.6 Å². The van der Waals surface area contributed by atoms with Gasteiger partial charge in [0.1, 0.15) is 24.4 Å². The molecule has 0 aliphatic carbocycles. The van der Waals surface area contributed by atoms with Crippen LogP contribution < -0.4 is 0 Å². The van der Waals surface area contributed by atoms with E-state index in [1.54, 1.807) is 24.3 Å². The predicted octanol–water partition coefficient (Wildman–Crippen LogP) is -0.171. The van der Waals surface area contributed by atoms with E-state index in [4.69, 9.17) is 31.3 Å². The Hall–Kier alpha value is -0.730. The summed E-state index contributed by atoms with van der Waals surface area (Å²) in [6, 6.07) is 6.86. The van der Waals surface area contributed by atoms with Crippen LogP contribution in [0.15, 0.2) is 24.3 Å². The maximum atomic E-state index is 9.73. The maximum Gasteiger partial charge on any atom is 0.186 e. The summed E-state index contributed by atoms with van der Waals surface area (Å²) in [5.41, 5.74) is 0.553. The zero-order valence-corrected chi connectivity index (χ0v) is 11.3. The minimum Gasteiger partial charge on any atom is -0.394 e. The van der Waals surface area contributed by atoms with Crippen LogP contribution in [0.2, 0.25) is 5.02 Å². The summed E-state index contributed by atoms with van der Waals surface area (Å²) >= 11 is 6.04. The third-order valence-electron chi connectivity index (χ3n) is 3.18. The molecular weight excluding hydrogens is 288 g/mol. The summed E-state index contributed by atoms with van der Waals surface area (Å²) < 4.78 is 11.1.